The summed E-state index contributed by atoms with van der Waals surface area (Å²) in [5.74, 6) is -1.01. The molecule has 0 N–H and O–H groups in total. The quantitative estimate of drug-likeness (QED) is 0.591. The molecule has 0 aliphatic rings. The molecule has 0 fully saturated rings. The van der Waals surface area contributed by atoms with E-state index >= 15 is 0 Å². The Kier molecular flexibility index (Phi) is 4.94. The van der Waals surface area contributed by atoms with E-state index in [1.54, 1.807) is 6.08 Å². The first-order valence-electron chi connectivity index (χ1n) is 5.15. The zero-order valence-electron chi connectivity index (χ0n) is 9.75. The van der Waals surface area contributed by atoms with Crippen LogP contribution >= 0.6 is 0 Å². The molecule has 0 aromatic heterocycles. The average Bonchev–Trinajstić information content (AvgIpc) is 2.26. The maximum absolute atomic E-state index is 10.8. The molecule has 1 rings (SSSR count). The number of benzene rings is 1. The van der Waals surface area contributed by atoms with E-state index in [1.165, 1.54) is 19.9 Å². The summed E-state index contributed by atoms with van der Waals surface area (Å²) in [6.45, 7) is 2.51. The van der Waals surface area contributed by atoms with Crippen molar-refractivity contribution in [1.82, 2.24) is 0 Å². The molecule has 0 saturated carbocycles. The van der Waals surface area contributed by atoms with Gasteiger partial charge in [-0.3, -0.25) is 9.59 Å². The molecule has 0 radical (unpaired) electrons. The molecule has 4 nitrogen and oxygen atoms in total. The summed E-state index contributed by atoms with van der Waals surface area (Å²) in [6.07, 6.45) is 2.25. The predicted octanol–water partition coefficient (Wildman–Crippen LogP) is 2.15. The third-order valence-electron chi connectivity index (χ3n) is 1.81. The molecule has 0 saturated heterocycles. The average molecular weight is 234 g/mol. The zero-order valence-corrected chi connectivity index (χ0v) is 9.75. The first-order chi connectivity index (χ1) is 8.08. The van der Waals surface area contributed by atoms with Crippen LogP contribution in [-0.2, 0) is 19.1 Å². The predicted molar refractivity (Wildman–Crippen MR) is 62.8 cm³/mol. The molecule has 1 aromatic carbocycles. The molecule has 0 spiro atoms. The van der Waals surface area contributed by atoms with Crippen molar-refractivity contribution < 1.29 is 19.1 Å². The highest BCUT2D eigenvalue weighted by Gasteiger charge is 2.10. The first kappa shape index (κ1) is 13.0. The molecule has 0 atom stereocenters. The minimum Gasteiger partial charge on any atom is -0.421 e. The molecule has 17 heavy (non-hydrogen) atoms. The van der Waals surface area contributed by atoms with Crippen LogP contribution < -0.4 is 0 Å². The lowest BCUT2D eigenvalue weighted by molar-refractivity contribution is -0.176. The minimum atomic E-state index is -0.981. The van der Waals surface area contributed by atoms with Gasteiger partial charge in [0.25, 0.3) is 6.29 Å². The van der Waals surface area contributed by atoms with Gasteiger partial charge in [-0.2, -0.15) is 0 Å². The fraction of sp³-hybridized carbons (Fsp3) is 0.231. The number of ether oxygens (including phenoxy) is 2. The second-order valence-electron chi connectivity index (χ2n) is 3.36. The van der Waals surface area contributed by atoms with Gasteiger partial charge in [-0.1, -0.05) is 36.4 Å². The Morgan fingerprint density at radius 3 is 2.06 bits per heavy atom. The highest BCUT2D eigenvalue weighted by atomic mass is 16.7. The lowest BCUT2D eigenvalue weighted by Crippen LogP contribution is -2.19. The van der Waals surface area contributed by atoms with Crippen LogP contribution in [-0.4, -0.2) is 18.2 Å². The number of carbonyl (C=O) groups is 2. The molecular weight excluding hydrogens is 220 g/mol. The molecular formula is C13H14O4. The van der Waals surface area contributed by atoms with Crippen molar-refractivity contribution in [3.05, 3.63) is 42.0 Å². The number of carbonyl (C=O) groups excluding carboxylic acids is 2. The van der Waals surface area contributed by atoms with Gasteiger partial charge in [0.1, 0.15) is 0 Å². The molecule has 0 unspecified atom stereocenters. The summed E-state index contributed by atoms with van der Waals surface area (Å²) in [6, 6.07) is 9.43. The lowest BCUT2D eigenvalue weighted by Gasteiger charge is -2.12. The van der Waals surface area contributed by atoms with Gasteiger partial charge in [-0.25, -0.2) is 0 Å². The third kappa shape index (κ3) is 5.51. The van der Waals surface area contributed by atoms with Crippen molar-refractivity contribution >= 4 is 18.0 Å². The summed E-state index contributed by atoms with van der Waals surface area (Å²) in [5.41, 5.74) is 0.928. The van der Waals surface area contributed by atoms with Crippen molar-refractivity contribution in [2.24, 2.45) is 0 Å². The zero-order chi connectivity index (χ0) is 12.7. The fourth-order valence-electron chi connectivity index (χ4n) is 1.18. The SMILES string of the molecule is CC(=O)OC(/C=C/c1ccccc1)OC(C)=O. The lowest BCUT2D eigenvalue weighted by atomic mass is 10.2. The summed E-state index contributed by atoms with van der Waals surface area (Å²) in [4.78, 5) is 21.6. The summed E-state index contributed by atoms with van der Waals surface area (Å²) < 4.78 is 9.63. The first-order valence-corrected chi connectivity index (χ1v) is 5.15. The van der Waals surface area contributed by atoms with Gasteiger partial charge in [0.2, 0.25) is 0 Å². The molecule has 0 aliphatic carbocycles. The number of esters is 2. The van der Waals surface area contributed by atoms with Gasteiger partial charge in [0.15, 0.2) is 0 Å². The van der Waals surface area contributed by atoms with Crippen LogP contribution in [0.2, 0.25) is 0 Å². The van der Waals surface area contributed by atoms with Crippen LogP contribution in [0, 0.1) is 0 Å². The highest BCUT2D eigenvalue weighted by Crippen LogP contribution is 2.05. The van der Waals surface area contributed by atoms with Gasteiger partial charge < -0.3 is 9.47 Å². The van der Waals surface area contributed by atoms with E-state index in [1.807, 2.05) is 30.3 Å². The smallest absolute Gasteiger partial charge is 0.305 e. The van der Waals surface area contributed by atoms with E-state index in [-0.39, 0.29) is 0 Å². The molecule has 0 amide bonds. The second kappa shape index (κ2) is 6.48. The van der Waals surface area contributed by atoms with Crippen LogP contribution in [0.25, 0.3) is 6.08 Å². The van der Waals surface area contributed by atoms with Crippen molar-refractivity contribution in [3.8, 4) is 0 Å². The highest BCUT2D eigenvalue weighted by molar-refractivity contribution is 5.68. The summed E-state index contributed by atoms with van der Waals surface area (Å²) in [5, 5.41) is 0. The molecule has 4 heteroatoms. The Labute approximate surface area is 99.8 Å². The second-order valence-corrected chi connectivity index (χ2v) is 3.36. The minimum absolute atomic E-state index is 0.506. The van der Waals surface area contributed by atoms with Crippen LogP contribution in [0.1, 0.15) is 19.4 Å². The van der Waals surface area contributed by atoms with E-state index in [4.69, 9.17) is 9.47 Å². The maximum Gasteiger partial charge on any atom is 0.305 e. The normalized spacial score (nSPS) is 10.5. The van der Waals surface area contributed by atoms with E-state index in [0.717, 1.165) is 5.56 Å². The van der Waals surface area contributed by atoms with Gasteiger partial charge in [0.05, 0.1) is 0 Å². The van der Waals surface area contributed by atoms with Gasteiger partial charge in [-0.15, -0.1) is 0 Å². The standard InChI is InChI=1S/C13H14O4/c1-10(14)16-13(17-11(2)15)9-8-12-6-4-3-5-7-12/h3-9,13H,1-2H3/b9-8+. The number of hydrogen-bond acceptors (Lipinski definition) is 4. The van der Waals surface area contributed by atoms with Crippen LogP contribution in [0.4, 0.5) is 0 Å². The van der Waals surface area contributed by atoms with Gasteiger partial charge in [0, 0.05) is 13.8 Å². The van der Waals surface area contributed by atoms with E-state index in [0.29, 0.717) is 0 Å². The molecule has 90 valence electrons. The van der Waals surface area contributed by atoms with Crippen molar-refractivity contribution in [1.29, 1.82) is 0 Å². The largest absolute Gasteiger partial charge is 0.421 e. The van der Waals surface area contributed by atoms with Crippen molar-refractivity contribution in [2.45, 2.75) is 20.1 Å². The van der Waals surface area contributed by atoms with Gasteiger partial charge in [-0.05, 0) is 11.6 Å². The Balaban J connectivity index is 2.68. The van der Waals surface area contributed by atoms with E-state index in [2.05, 4.69) is 0 Å². The van der Waals surface area contributed by atoms with Crippen LogP contribution in [0.5, 0.6) is 0 Å². The fourth-order valence-corrected chi connectivity index (χ4v) is 1.18. The Morgan fingerprint density at radius 2 is 1.59 bits per heavy atom. The number of hydrogen-bond donors (Lipinski definition) is 0. The third-order valence-corrected chi connectivity index (χ3v) is 1.81. The monoisotopic (exact) mass is 234 g/mol. The topological polar surface area (TPSA) is 52.6 Å². The summed E-state index contributed by atoms with van der Waals surface area (Å²) >= 11 is 0. The van der Waals surface area contributed by atoms with Crippen molar-refractivity contribution in [3.63, 3.8) is 0 Å². The van der Waals surface area contributed by atoms with E-state index in [9.17, 15) is 9.59 Å². The molecule has 0 bridgehead atoms. The van der Waals surface area contributed by atoms with E-state index < -0.39 is 18.2 Å². The summed E-state index contributed by atoms with van der Waals surface area (Å²) in [7, 11) is 0. The molecule has 1 aromatic rings. The van der Waals surface area contributed by atoms with Crippen LogP contribution in [0.3, 0.4) is 0 Å². The molecule has 0 aliphatic heterocycles. The Morgan fingerprint density at radius 1 is 1.06 bits per heavy atom. The Hall–Kier alpha value is -2.10. The van der Waals surface area contributed by atoms with Crippen molar-refractivity contribution in [2.75, 3.05) is 0 Å². The maximum atomic E-state index is 10.8. The molecule has 0 heterocycles. The number of rotatable bonds is 4. The van der Waals surface area contributed by atoms with Crippen LogP contribution in [0.15, 0.2) is 36.4 Å². The van der Waals surface area contributed by atoms with Gasteiger partial charge >= 0.3 is 11.9 Å². The Bertz CT molecular complexity index is 393.